The number of nitrogens with one attached hydrogen (secondary N) is 1. The van der Waals surface area contributed by atoms with Gasteiger partial charge in [0.25, 0.3) is 0 Å². The van der Waals surface area contributed by atoms with Gasteiger partial charge in [-0.15, -0.1) is 0 Å². The summed E-state index contributed by atoms with van der Waals surface area (Å²) in [4.78, 5) is 9.83. The van der Waals surface area contributed by atoms with Crippen LogP contribution in [0.15, 0.2) is 29.3 Å². The molecule has 2 heterocycles. The number of hydrogen-bond donors (Lipinski definition) is 2. The Morgan fingerprint density at radius 2 is 1.96 bits per heavy atom. The molecule has 0 spiro atoms. The molecule has 0 radical (unpaired) electrons. The molecule has 1 unspecified atom stereocenters. The van der Waals surface area contributed by atoms with Crippen molar-refractivity contribution in [3.63, 3.8) is 0 Å². The minimum absolute atomic E-state index is 0.303. The van der Waals surface area contributed by atoms with Gasteiger partial charge in [0.15, 0.2) is 5.96 Å². The second-order valence-electron chi connectivity index (χ2n) is 6.47. The molecule has 2 saturated heterocycles. The van der Waals surface area contributed by atoms with Gasteiger partial charge in [0.05, 0.1) is 6.54 Å². The molecule has 0 saturated carbocycles. The standard InChI is InChI=1S/C18H28N4O/c1-2-19-18(20-13-15-5-7-17(23)8-6-15)22-12-9-16(14-22)21-10-3-4-11-21/h5-8,16,23H,2-4,9-14H2,1H3,(H,19,20). The molecular weight excluding hydrogens is 288 g/mol. The van der Waals surface area contributed by atoms with Gasteiger partial charge in [-0.25, -0.2) is 4.99 Å². The number of nitrogens with zero attached hydrogens (tertiary/aromatic N) is 3. The molecule has 0 aromatic heterocycles. The van der Waals surface area contributed by atoms with Gasteiger partial charge in [-0.1, -0.05) is 12.1 Å². The predicted molar refractivity (Wildman–Crippen MR) is 93.7 cm³/mol. The van der Waals surface area contributed by atoms with E-state index in [0.717, 1.165) is 31.2 Å². The van der Waals surface area contributed by atoms with E-state index in [9.17, 15) is 5.11 Å². The third-order valence-corrected chi connectivity index (χ3v) is 4.80. The Hall–Kier alpha value is -1.75. The summed E-state index contributed by atoms with van der Waals surface area (Å²) in [5.41, 5.74) is 1.12. The summed E-state index contributed by atoms with van der Waals surface area (Å²) in [6, 6.07) is 7.99. The summed E-state index contributed by atoms with van der Waals surface area (Å²) in [5.74, 6) is 1.32. The molecule has 23 heavy (non-hydrogen) atoms. The van der Waals surface area contributed by atoms with E-state index < -0.39 is 0 Å². The van der Waals surface area contributed by atoms with Crippen LogP contribution in [0.2, 0.25) is 0 Å². The highest BCUT2D eigenvalue weighted by Gasteiger charge is 2.30. The summed E-state index contributed by atoms with van der Waals surface area (Å²) in [7, 11) is 0. The summed E-state index contributed by atoms with van der Waals surface area (Å²) in [5, 5.41) is 12.8. The van der Waals surface area contributed by atoms with Crippen molar-refractivity contribution in [2.45, 2.75) is 38.8 Å². The lowest BCUT2D eigenvalue weighted by Gasteiger charge is -2.25. The average Bonchev–Trinajstić information content (AvgIpc) is 3.24. The second kappa shape index (κ2) is 7.68. The molecule has 0 aliphatic carbocycles. The maximum Gasteiger partial charge on any atom is 0.194 e. The normalized spacial score (nSPS) is 22.7. The number of aromatic hydroxyl groups is 1. The van der Waals surface area contributed by atoms with Gasteiger partial charge in [0.1, 0.15) is 5.75 Å². The third-order valence-electron chi connectivity index (χ3n) is 4.80. The van der Waals surface area contributed by atoms with Gasteiger partial charge in [-0.2, -0.15) is 0 Å². The van der Waals surface area contributed by atoms with Crippen molar-refractivity contribution in [3.8, 4) is 5.75 Å². The molecule has 2 fully saturated rings. The van der Waals surface area contributed by atoms with Crippen LogP contribution >= 0.6 is 0 Å². The van der Waals surface area contributed by atoms with Gasteiger partial charge < -0.3 is 15.3 Å². The van der Waals surface area contributed by atoms with E-state index in [1.165, 1.54) is 32.4 Å². The van der Waals surface area contributed by atoms with Crippen LogP contribution in [0.5, 0.6) is 5.75 Å². The first kappa shape index (κ1) is 16.1. The van der Waals surface area contributed by atoms with Crippen LogP contribution in [0, 0.1) is 0 Å². The second-order valence-corrected chi connectivity index (χ2v) is 6.47. The van der Waals surface area contributed by atoms with E-state index in [4.69, 9.17) is 4.99 Å². The molecule has 2 aliphatic heterocycles. The smallest absolute Gasteiger partial charge is 0.194 e. The van der Waals surface area contributed by atoms with Crippen LogP contribution in [0.3, 0.4) is 0 Å². The van der Waals surface area contributed by atoms with Gasteiger partial charge in [-0.05, 0) is 57.0 Å². The van der Waals surface area contributed by atoms with Crippen molar-refractivity contribution in [2.24, 2.45) is 4.99 Å². The topological polar surface area (TPSA) is 51.1 Å². The van der Waals surface area contributed by atoms with Crippen molar-refractivity contribution in [1.29, 1.82) is 0 Å². The number of phenolic OH excluding ortho intramolecular Hbond substituents is 1. The number of benzene rings is 1. The number of likely N-dealkylation sites (tertiary alicyclic amines) is 2. The van der Waals surface area contributed by atoms with Crippen molar-refractivity contribution < 1.29 is 5.11 Å². The van der Waals surface area contributed by atoms with Crippen LogP contribution < -0.4 is 5.32 Å². The molecule has 3 rings (SSSR count). The first-order valence-corrected chi connectivity index (χ1v) is 8.81. The molecule has 1 aromatic rings. The van der Waals surface area contributed by atoms with Crippen molar-refractivity contribution in [3.05, 3.63) is 29.8 Å². The fraction of sp³-hybridized carbons (Fsp3) is 0.611. The number of guanidine groups is 1. The molecule has 0 amide bonds. The molecule has 2 N–H and O–H groups in total. The Bertz CT molecular complexity index is 522. The summed E-state index contributed by atoms with van der Waals surface area (Å²) >= 11 is 0. The van der Waals surface area contributed by atoms with Crippen molar-refractivity contribution >= 4 is 5.96 Å². The van der Waals surface area contributed by atoms with Crippen LogP contribution in [0.4, 0.5) is 0 Å². The highest BCUT2D eigenvalue weighted by molar-refractivity contribution is 5.80. The number of aliphatic imine (C=N–C) groups is 1. The zero-order valence-corrected chi connectivity index (χ0v) is 14.0. The first-order valence-electron chi connectivity index (χ1n) is 8.81. The third kappa shape index (κ3) is 4.16. The highest BCUT2D eigenvalue weighted by Crippen LogP contribution is 2.20. The molecular formula is C18H28N4O. The van der Waals surface area contributed by atoms with Crippen molar-refractivity contribution in [1.82, 2.24) is 15.1 Å². The summed E-state index contributed by atoms with van der Waals surface area (Å²) in [6.45, 7) is 8.35. The Balaban J connectivity index is 1.61. The molecule has 2 aliphatic rings. The average molecular weight is 316 g/mol. The van der Waals surface area contributed by atoms with Crippen LogP contribution in [0.1, 0.15) is 31.7 Å². The monoisotopic (exact) mass is 316 g/mol. The molecule has 5 heteroatoms. The van der Waals surface area contributed by atoms with E-state index in [0.29, 0.717) is 18.3 Å². The Labute approximate surface area is 139 Å². The minimum Gasteiger partial charge on any atom is -0.508 e. The first-order chi connectivity index (χ1) is 11.3. The maximum atomic E-state index is 9.36. The zero-order chi connectivity index (χ0) is 16.1. The van der Waals surface area contributed by atoms with Gasteiger partial charge in [0.2, 0.25) is 0 Å². The lowest BCUT2D eigenvalue weighted by atomic mass is 10.2. The summed E-state index contributed by atoms with van der Waals surface area (Å²) < 4.78 is 0. The fourth-order valence-corrected chi connectivity index (χ4v) is 3.53. The molecule has 1 aromatic carbocycles. The van der Waals surface area contributed by atoms with E-state index in [1.807, 2.05) is 12.1 Å². The van der Waals surface area contributed by atoms with Gasteiger partial charge >= 0.3 is 0 Å². The van der Waals surface area contributed by atoms with Crippen molar-refractivity contribution in [2.75, 3.05) is 32.7 Å². The maximum absolute atomic E-state index is 9.36. The lowest BCUT2D eigenvalue weighted by molar-refractivity contribution is 0.249. The molecule has 5 nitrogen and oxygen atoms in total. The van der Waals surface area contributed by atoms with E-state index in [-0.39, 0.29) is 0 Å². The molecule has 0 bridgehead atoms. The summed E-state index contributed by atoms with van der Waals surface area (Å²) in [6.07, 6.45) is 3.95. The zero-order valence-electron chi connectivity index (χ0n) is 14.0. The Kier molecular flexibility index (Phi) is 5.39. The number of hydrogen-bond acceptors (Lipinski definition) is 3. The largest absolute Gasteiger partial charge is 0.508 e. The van der Waals surface area contributed by atoms with Crippen LogP contribution in [0.25, 0.3) is 0 Å². The quantitative estimate of drug-likeness (QED) is 0.659. The van der Waals surface area contributed by atoms with Crippen LogP contribution in [-0.2, 0) is 6.54 Å². The van der Waals surface area contributed by atoms with Gasteiger partial charge in [0, 0.05) is 25.7 Å². The van der Waals surface area contributed by atoms with E-state index >= 15 is 0 Å². The fourth-order valence-electron chi connectivity index (χ4n) is 3.53. The highest BCUT2D eigenvalue weighted by atomic mass is 16.3. The predicted octanol–water partition coefficient (Wildman–Crippen LogP) is 2.03. The van der Waals surface area contributed by atoms with E-state index in [1.54, 1.807) is 12.1 Å². The minimum atomic E-state index is 0.303. The Morgan fingerprint density at radius 3 is 2.65 bits per heavy atom. The molecule has 126 valence electrons. The van der Waals surface area contributed by atoms with Gasteiger partial charge in [-0.3, -0.25) is 4.90 Å². The lowest BCUT2D eigenvalue weighted by Crippen LogP contribution is -2.42. The van der Waals surface area contributed by atoms with Crippen LogP contribution in [-0.4, -0.2) is 59.6 Å². The number of phenols is 1. The number of rotatable bonds is 4. The molecule has 1 atom stereocenters. The Morgan fingerprint density at radius 1 is 1.22 bits per heavy atom. The SMILES string of the molecule is CCNC(=NCc1ccc(O)cc1)N1CCC(N2CCCC2)C1. The van der Waals surface area contributed by atoms with E-state index in [2.05, 4.69) is 22.0 Å².